The number of methoxy groups -OCH3 is 1. The highest BCUT2D eigenvalue weighted by atomic mass is 16.5. The normalized spacial score (nSPS) is 21.7. The van der Waals surface area contributed by atoms with Gasteiger partial charge in [-0.15, -0.1) is 0 Å². The molecule has 3 rings (SSSR count). The van der Waals surface area contributed by atoms with Crippen molar-refractivity contribution in [3.63, 3.8) is 0 Å². The Kier molecular flexibility index (Phi) is 4.84. The van der Waals surface area contributed by atoms with Crippen LogP contribution in [0, 0.1) is 0 Å². The Labute approximate surface area is 137 Å². The molecule has 0 aliphatic carbocycles. The van der Waals surface area contributed by atoms with Crippen molar-refractivity contribution in [3.8, 4) is 5.75 Å². The molecule has 2 amide bonds. The molecule has 2 heterocycles. The van der Waals surface area contributed by atoms with Crippen LogP contribution in [0.15, 0.2) is 18.2 Å². The Bertz CT molecular complexity index is 600. The zero-order valence-corrected chi connectivity index (χ0v) is 13.6. The van der Waals surface area contributed by atoms with Crippen molar-refractivity contribution >= 4 is 17.5 Å². The van der Waals surface area contributed by atoms with Crippen molar-refractivity contribution < 1.29 is 14.3 Å². The minimum absolute atomic E-state index is 0.00868. The summed E-state index contributed by atoms with van der Waals surface area (Å²) in [6.45, 7) is 0.713. The van der Waals surface area contributed by atoms with Gasteiger partial charge >= 0.3 is 0 Å². The van der Waals surface area contributed by atoms with Gasteiger partial charge in [0.1, 0.15) is 11.8 Å². The van der Waals surface area contributed by atoms with Crippen molar-refractivity contribution in [3.05, 3.63) is 23.8 Å². The molecule has 1 unspecified atom stereocenters. The monoisotopic (exact) mass is 316 g/mol. The van der Waals surface area contributed by atoms with Gasteiger partial charge in [0.15, 0.2) is 0 Å². The number of amides is 2. The predicted molar refractivity (Wildman–Crippen MR) is 88.7 cm³/mol. The lowest BCUT2D eigenvalue weighted by Gasteiger charge is -2.27. The summed E-state index contributed by atoms with van der Waals surface area (Å²) in [5.74, 6) is 0.833. The Morgan fingerprint density at radius 1 is 1.22 bits per heavy atom. The second kappa shape index (κ2) is 7.02. The topological polar surface area (TPSA) is 58.6 Å². The van der Waals surface area contributed by atoms with Crippen LogP contribution in [-0.4, -0.2) is 31.5 Å². The van der Waals surface area contributed by atoms with E-state index in [0.29, 0.717) is 13.0 Å². The number of carbonyl (C=O) groups is 2. The minimum atomic E-state index is -0.391. The smallest absolute Gasteiger partial charge is 0.249 e. The first-order valence-corrected chi connectivity index (χ1v) is 8.46. The molecular weight excluding hydrogens is 292 g/mol. The number of aryl methyl sites for hydroxylation is 1. The SMILES string of the molecule is COc1ccc2c(c1)CCCCN2C(=O)C1CCCCC(=O)N1. The number of ether oxygens (including phenoxy) is 1. The molecule has 0 bridgehead atoms. The number of benzene rings is 1. The zero-order valence-electron chi connectivity index (χ0n) is 13.6. The van der Waals surface area contributed by atoms with E-state index < -0.39 is 6.04 Å². The third kappa shape index (κ3) is 3.49. The van der Waals surface area contributed by atoms with Crippen molar-refractivity contribution in [1.82, 2.24) is 5.32 Å². The van der Waals surface area contributed by atoms with Crippen LogP contribution in [0.2, 0.25) is 0 Å². The third-order valence-electron chi connectivity index (χ3n) is 4.70. The highest BCUT2D eigenvalue weighted by Gasteiger charge is 2.30. The number of carbonyl (C=O) groups excluding carboxylic acids is 2. The van der Waals surface area contributed by atoms with Crippen LogP contribution in [0.25, 0.3) is 0 Å². The molecule has 1 atom stereocenters. The van der Waals surface area contributed by atoms with Crippen LogP contribution in [0.1, 0.15) is 44.1 Å². The number of rotatable bonds is 2. The number of fused-ring (bicyclic) bond motifs is 1. The fraction of sp³-hybridized carbons (Fsp3) is 0.556. The summed E-state index contributed by atoms with van der Waals surface area (Å²) in [5, 5.41) is 2.89. The van der Waals surface area contributed by atoms with Crippen LogP contribution in [0.3, 0.4) is 0 Å². The molecule has 1 N–H and O–H groups in total. The average molecular weight is 316 g/mol. The van der Waals surface area contributed by atoms with E-state index in [1.54, 1.807) is 7.11 Å². The quantitative estimate of drug-likeness (QED) is 0.911. The molecule has 124 valence electrons. The van der Waals surface area contributed by atoms with Crippen LogP contribution in [0.5, 0.6) is 5.75 Å². The minimum Gasteiger partial charge on any atom is -0.497 e. The lowest BCUT2D eigenvalue weighted by molar-refractivity contribution is -0.127. The summed E-state index contributed by atoms with van der Waals surface area (Å²) in [6, 6.07) is 5.50. The van der Waals surface area contributed by atoms with Crippen molar-refractivity contribution in [2.75, 3.05) is 18.6 Å². The fourth-order valence-corrected chi connectivity index (χ4v) is 3.43. The van der Waals surface area contributed by atoms with E-state index in [2.05, 4.69) is 5.32 Å². The van der Waals surface area contributed by atoms with E-state index >= 15 is 0 Å². The molecular formula is C18H24N2O3. The van der Waals surface area contributed by atoms with E-state index in [1.165, 1.54) is 0 Å². The predicted octanol–water partition coefficient (Wildman–Crippen LogP) is 2.42. The maximum atomic E-state index is 13.0. The highest BCUT2D eigenvalue weighted by Crippen LogP contribution is 2.30. The van der Waals surface area contributed by atoms with Gasteiger partial charge in [0, 0.05) is 18.7 Å². The number of anilines is 1. The van der Waals surface area contributed by atoms with Crippen molar-refractivity contribution in [2.45, 2.75) is 51.0 Å². The maximum absolute atomic E-state index is 13.0. The fourth-order valence-electron chi connectivity index (χ4n) is 3.43. The molecule has 1 aromatic rings. The lowest BCUT2D eigenvalue weighted by atomic mass is 10.1. The van der Waals surface area contributed by atoms with E-state index in [0.717, 1.165) is 55.5 Å². The standard InChI is InChI=1S/C18H24N2O3/c1-23-14-9-10-16-13(12-14)6-4-5-11-20(16)18(22)15-7-2-3-8-17(21)19-15/h9-10,12,15H,2-8,11H2,1H3,(H,19,21). The Balaban J connectivity index is 1.87. The van der Waals surface area contributed by atoms with Gasteiger partial charge in [-0.2, -0.15) is 0 Å². The van der Waals surface area contributed by atoms with Gasteiger partial charge in [-0.1, -0.05) is 6.42 Å². The van der Waals surface area contributed by atoms with Gasteiger partial charge in [-0.3, -0.25) is 9.59 Å². The van der Waals surface area contributed by atoms with Gasteiger partial charge in [-0.25, -0.2) is 0 Å². The molecule has 0 radical (unpaired) electrons. The highest BCUT2D eigenvalue weighted by molar-refractivity contribution is 6.00. The summed E-state index contributed by atoms with van der Waals surface area (Å²) < 4.78 is 5.30. The van der Waals surface area contributed by atoms with Crippen molar-refractivity contribution in [2.24, 2.45) is 0 Å². The van der Waals surface area contributed by atoms with E-state index in [4.69, 9.17) is 4.74 Å². The number of nitrogens with one attached hydrogen (secondary N) is 1. The Hall–Kier alpha value is -2.04. The summed E-state index contributed by atoms with van der Waals surface area (Å²) in [4.78, 5) is 26.6. The third-order valence-corrected chi connectivity index (χ3v) is 4.70. The lowest BCUT2D eigenvalue weighted by Crippen LogP contribution is -2.48. The second-order valence-corrected chi connectivity index (χ2v) is 6.31. The van der Waals surface area contributed by atoms with Crippen LogP contribution >= 0.6 is 0 Å². The first kappa shape index (κ1) is 15.8. The Morgan fingerprint density at radius 3 is 2.87 bits per heavy atom. The maximum Gasteiger partial charge on any atom is 0.249 e. The molecule has 0 spiro atoms. The van der Waals surface area contributed by atoms with Crippen molar-refractivity contribution in [1.29, 1.82) is 0 Å². The molecule has 1 aromatic carbocycles. The average Bonchev–Trinajstić information content (AvgIpc) is 2.91. The first-order chi connectivity index (χ1) is 11.2. The van der Waals surface area contributed by atoms with Gasteiger partial charge < -0.3 is 15.0 Å². The summed E-state index contributed by atoms with van der Waals surface area (Å²) in [6.07, 6.45) is 6.02. The molecule has 2 aliphatic rings. The first-order valence-electron chi connectivity index (χ1n) is 8.46. The van der Waals surface area contributed by atoms with Crippen LogP contribution in [0.4, 0.5) is 5.69 Å². The number of hydrogen-bond acceptors (Lipinski definition) is 3. The van der Waals surface area contributed by atoms with E-state index in [9.17, 15) is 9.59 Å². The van der Waals surface area contributed by atoms with Gasteiger partial charge in [0.25, 0.3) is 0 Å². The molecule has 5 nitrogen and oxygen atoms in total. The summed E-state index contributed by atoms with van der Waals surface area (Å²) in [7, 11) is 1.66. The molecule has 23 heavy (non-hydrogen) atoms. The summed E-state index contributed by atoms with van der Waals surface area (Å²) in [5.41, 5.74) is 2.11. The molecule has 0 aromatic heterocycles. The Morgan fingerprint density at radius 2 is 2.04 bits per heavy atom. The number of nitrogens with zero attached hydrogens (tertiary/aromatic N) is 1. The molecule has 1 saturated heterocycles. The molecule has 2 aliphatic heterocycles. The molecule has 0 saturated carbocycles. The molecule has 1 fully saturated rings. The molecule has 5 heteroatoms. The largest absolute Gasteiger partial charge is 0.497 e. The van der Waals surface area contributed by atoms with Gasteiger partial charge in [-0.05, 0) is 55.9 Å². The second-order valence-electron chi connectivity index (χ2n) is 6.31. The van der Waals surface area contributed by atoms with Gasteiger partial charge in [0.05, 0.1) is 7.11 Å². The van der Waals surface area contributed by atoms with Crippen LogP contribution < -0.4 is 15.0 Å². The van der Waals surface area contributed by atoms with Crippen LogP contribution in [-0.2, 0) is 16.0 Å². The van der Waals surface area contributed by atoms with E-state index in [1.807, 2.05) is 23.1 Å². The summed E-state index contributed by atoms with van der Waals surface area (Å²) >= 11 is 0. The zero-order chi connectivity index (χ0) is 16.2. The van der Waals surface area contributed by atoms with Gasteiger partial charge in [0.2, 0.25) is 11.8 Å². The van der Waals surface area contributed by atoms with E-state index in [-0.39, 0.29) is 11.8 Å². The number of hydrogen-bond donors (Lipinski definition) is 1.